The van der Waals surface area contributed by atoms with Gasteiger partial charge in [-0.15, -0.1) is 0 Å². The van der Waals surface area contributed by atoms with Gasteiger partial charge in [0, 0.05) is 25.3 Å². The molecular formula is C17H28N2O2. The van der Waals surface area contributed by atoms with Gasteiger partial charge in [0.2, 0.25) is 0 Å². The van der Waals surface area contributed by atoms with Crippen molar-refractivity contribution in [2.24, 2.45) is 11.8 Å². The number of hydrogen-bond acceptors (Lipinski definition) is 4. The molecule has 1 aromatic carbocycles. The number of rotatable bonds is 7. The van der Waals surface area contributed by atoms with Crippen LogP contribution >= 0.6 is 0 Å². The van der Waals surface area contributed by atoms with Gasteiger partial charge in [-0.3, -0.25) is 4.90 Å². The van der Waals surface area contributed by atoms with Crippen LogP contribution in [0, 0.1) is 11.8 Å². The summed E-state index contributed by atoms with van der Waals surface area (Å²) in [7, 11) is 1.39. The summed E-state index contributed by atoms with van der Waals surface area (Å²) in [4.78, 5) is 14.3. The molecule has 0 aromatic heterocycles. The fourth-order valence-corrected chi connectivity index (χ4v) is 2.58. The van der Waals surface area contributed by atoms with Crippen molar-refractivity contribution in [3.63, 3.8) is 0 Å². The zero-order valence-electron chi connectivity index (χ0n) is 13.8. The third-order valence-corrected chi connectivity index (χ3v) is 3.21. The van der Waals surface area contributed by atoms with E-state index in [-0.39, 0.29) is 5.97 Å². The minimum atomic E-state index is -0.364. The standard InChI is InChI=1S/C17H28N2O2/c1-12(2)9-19(10-13(3)4)11-14-7-6-8-15(18)16(14)17(20)21-5/h6-8,12-13H,9-11,18H2,1-5H3. The van der Waals surface area contributed by atoms with Crippen LogP contribution in [0.2, 0.25) is 0 Å². The van der Waals surface area contributed by atoms with Gasteiger partial charge < -0.3 is 10.5 Å². The van der Waals surface area contributed by atoms with E-state index in [0.717, 1.165) is 18.7 Å². The third-order valence-electron chi connectivity index (χ3n) is 3.21. The van der Waals surface area contributed by atoms with E-state index >= 15 is 0 Å². The number of esters is 1. The number of benzene rings is 1. The number of nitrogens with two attached hydrogens (primary N) is 1. The van der Waals surface area contributed by atoms with Crippen LogP contribution in [-0.2, 0) is 11.3 Å². The molecule has 0 aliphatic rings. The lowest BCUT2D eigenvalue weighted by atomic mass is 10.0. The lowest BCUT2D eigenvalue weighted by Crippen LogP contribution is -2.31. The van der Waals surface area contributed by atoms with Gasteiger partial charge in [0.25, 0.3) is 0 Å². The molecule has 2 N–H and O–H groups in total. The molecule has 118 valence electrons. The van der Waals surface area contributed by atoms with Crippen LogP contribution in [0.1, 0.15) is 43.6 Å². The van der Waals surface area contributed by atoms with E-state index in [9.17, 15) is 4.79 Å². The molecule has 0 spiro atoms. The summed E-state index contributed by atoms with van der Waals surface area (Å²) < 4.78 is 4.86. The number of methoxy groups -OCH3 is 1. The Kier molecular flexibility index (Phi) is 6.69. The van der Waals surface area contributed by atoms with Crippen LogP contribution in [0.3, 0.4) is 0 Å². The molecule has 4 nitrogen and oxygen atoms in total. The average molecular weight is 292 g/mol. The number of nitrogen functional groups attached to an aromatic ring is 1. The van der Waals surface area contributed by atoms with Crippen molar-refractivity contribution >= 4 is 11.7 Å². The molecule has 4 heteroatoms. The molecule has 0 saturated carbocycles. The summed E-state index contributed by atoms with van der Waals surface area (Å²) in [5.74, 6) is 0.787. The van der Waals surface area contributed by atoms with Crippen molar-refractivity contribution < 1.29 is 9.53 Å². The van der Waals surface area contributed by atoms with Crippen LogP contribution in [0.15, 0.2) is 18.2 Å². The van der Waals surface area contributed by atoms with Crippen molar-refractivity contribution in [3.8, 4) is 0 Å². The van der Waals surface area contributed by atoms with Gasteiger partial charge >= 0.3 is 5.97 Å². The van der Waals surface area contributed by atoms with Gasteiger partial charge in [0.1, 0.15) is 0 Å². The largest absolute Gasteiger partial charge is 0.465 e. The van der Waals surface area contributed by atoms with E-state index in [1.165, 1.54) is 7.11 Å². The van der Waals surface area contributed by atoms with Gasteiger partial charge in [-0.25, -0.2) is 4.79 Å². The molecular weight excluding hydrogens is 264 g/mol. The Morgan fingerprint density at radius 3 is 2.24 bits per heavy atom. The number of anilines is 1. The maximum absolute atomic E-state index is 12.0. The number of carbonyl (C=O) groups is 1. The van der Waals surface area contributed by atoms with Gasteiger partial charge in [0.05, 0.1) is 12.7 Å². The molecule has 21 heavy (non-hydrogen) atoms. The summed E-state index contributed by atoms with van der Waals surface area (Å²) in [5.41, 5.74) is 7.87. The first-order valence-electron chi connectivity index (χ1n) is 7.53. The monoisotopic (exact) mass is 292 g/mol. The molecule has 1 rings (SSSR count). The van der Waals surface area contributed by atoms with Crippen molar-refractivity contribution in [1.29, 1.82) is 0 Å². The Balaban J connectivity index is 3.02. The van der Waals surface area contributed by atoms with Crippen LogP contribution in [0.25, 0.3) is 0 Å². The molecule has 0 aliphatic heterocycles. The van der Waals surface area contributed by atoms with Crippen LogP contribution in [0.4, 0.5) is 5.69 Å². The Morgan fingerprint density at radius 2 is 1.76 bits per heavy atom. The molecule has 0 unspecified atom stereocenters. The lowest BCUT2D eigenvalue weighted by molar-refractivity contribution is 0.0599. The minimum Gasteiger partial charge on any atom is -0.465 e. The second kappa shape index (κ2) is 8.03. The molecule has 1 aromatic rings. The first-order chi connectivity index (χ1) is 9.85. The Labute approximate surface area is 128 Å². The summed E-state index contributed by atoms with van der Waals surface area (Å²) in [6.45, 7) is 11.5. The summed E-state index contributed by atoms with van der Waals surface area (Å²) in [6.07, 6.45) is 0. The first kappa shape index (κ1) is 17.5. The van der Waals surface area contributed by atoms with E-state index < -0.39 is 0 Å². The molecule has 0 amide bonds. The third kappa shape index (κ3) is 5.38. The fraction of sp³-hybridized carbons (Fsp3) is 0.588. The van der Waals surface area contributed by atoms with Crippen molar-refractivity contribution in [1.82, 2.24) is 4.90 Å². The second-order valence-electron chi connectivity index (χ2n) is 6.35. The maximum atomic E-state index is 12.0. The predicted molar refractivity (Wildman–Crippen MR) is 87.1 cm³/mol. The Bertz CT molecular complexity index is 460. The van der Waals surface area contributed by atoms with Gasteiger partial charge in [-0.2, -0.15) is 0 Å². The fourth-order valence-electron chi connectivity index (χ4n) is 2.58. The molecule has 0 radical (unpaired) electrons. The summed E-state index contributed by atoms with van der Waals surface area (Å²) in [6, 6.07) is 5.58. The lowest BCUT2D eigenvalue weighted by Gasteiger charge is -2.27. The van der Waals surface area contributed by atoms with E-state index in [2.05, 4.69) is 32.6 Å². The molecule has 0 heterocycles. The number of carbonyl (C=O) groups excluding carboxylic acids is 1. The van der Waals surface area contributed by atoms with Gasteiger partial charge in [-0.1, -0.05) is 39.8 Å². The van der Waals surface area contributed by atoms with Gasteiger partial charge in [-0.05, 0) is 23.5 Å². The SMILES string of the molecule is COC(=O)c1c(N)cccc1CN(CC(C)C)CC(C)C. The average Bonchev–Trinajstić information content (AvgIpc) is 2.36. The summed E-state index contributed by atoms with van der Waals surface area (Å²) >= 11 is 0. The predicted octanol–water partition coefficient (Wildman–Crippen LogP) is 3.17. The summed E-state index contributed by atoms with van der Waals surface area (Å²) in [5, 5.41) is 0. The maximum Gasteiger partial charge on any atom is 0.340 e. The smallest absolute Gasteiger partial charge is 0.340 e. The minimum absolute atomic E-state index is 0.364. The molecule has 0 bridgehead atoms. The van der Waals surface area contributed by atoms with E-state index in [1.54, 1.807) is 6.07 Å². The van der Waals surface area contributed by atoms with Crippen molar-refractivity contribution in [2.75, 3.05) is 25.9 Å². The van der Waals surface area contributed by atoms with E-state index in [4.69, 9.17) is 10.5 Å². The van der Waals surface area contributed by atoms with Crippen molar-refractivity contribution in [3.05, 3.63) is 29.3 Å². The zero-order chi connectivity index (χ0) is 16.0. The van der Waals surface area contributed by atoms with Crippen molar-refractivity contribution in [2.45, 2.75) is 34.2 Å². The van der Waals surface area contributed by atoms with Crippen LogP contribution < -0.4 is 5.73 Å². The zero-order valence-corrected chi connectivity index (χ0v) is 13.8. The highest BCUT2D eigenvalue weighted by Gasteiger charge is 2.18. The molecule has 0 atom stereocenters. The molecule has 0 saturated heterocycles. The topological polar surface area (TPSA) is 55.6 Å². The number of ether oxygens (including phenoxy) is 1. The van der Waals surface area contributed by atoms with E-state index in [0.29, 0.717) is 29.6 Å². The van der Waals surface area contributed by atoms with E-state index in [1.807, 2.05) is 12.1 Å². The molecule has 0 aliphatic carbocycles. The van der Waals surface area contributed by atoms with Crippen LogP contribution in [-0.4, -0.2) is 31.1 Å². The Morgan fingerprint density at radius 1 is 1.19 bits per heavy atom. The van der Waals surface area contributed by atoms with Gasteiger partial charge in [0.15, 0.2) is 0 Å². The second-order valence-corrected chi connectivity index (χ2v) is 6.35. The quantitative estimate of drug-likeness (QED) is 0.619. The normalized spacial score (nSPS) is 11.4. The highest BCUT2D eigenvalue weighted by Crippen LogP contribution is 2.21. The first-order valence-corrected chi connectivity index (χ1v) is 7.53. The highest BCUT2D eigenvalue weighted by atomic mass is 16.5. The highest BCUT2D eigenvalue weighted by molar-refractivity contribution is 5.96. The molecule has 0 fully saturated rings. The number of hydrogen-bond donors (Lipinski definition) is 1. The van der Waals surface area contributed by atoms with Crippen LogP contribution in [0.5, 0.6) is 0 Å². The number of nitrogens with zero attached hydrogens (tertiary/aromatic N) is 1. The Hall–Kier alpha value is -1.55.